The topological polar surface area (TPSA) is 4.44 Å². The summed E-state index contributed by atoms with van der Waals surface area (Å²) in [4.78, 5) is 1.90. The van der Waals surface area contributed by atoms with Crippen LogP contribution in [0.15, 0.2) is 0 Å². The van der Waals surface area contributed by atoms with Crippen LogP contribution in [0.3, 0.4) is 0 Å². The molecule has 0 bridgehead atoms. The lowest BCUT2D eigenvalue weighted by Crippen LogP contribution is -3.18. The Morgan fingerprint density at radius 1 is 0.400 bits per heavy atom. The average Bonchev–Trinajstić information content (AvgIpc) is 2.74. The molecule has 1 heteroatoms. The lowest BCUT2D eigenvalue weighted by molar-refractivity contribution is -0.946. The fraction of sp³-hybridized carbons (Fsp3) is 1.00. The van der Waals surface area contributed by atoms with Gasteiger partial charge in [-0.25, -0.2) is 0 Å². The molecule has 1 N–H and O–H groups in total. The van der Waals surface area contributed by atoms with E-state index in [-0.39, 0.29) is 0 Å². The van der Waals surface area contributed by atoms with Crippen LogP contribution in [0.25, 0.3) is 0 Å². The molecule has 0 spiro atoms. The maximum absolute atomic E-state index is 2.53. The predicted molar refractivity (Wildman–Crippen MR) is 139 cm³/mol. The van der Waals surface area contributed by atoms with Crippen molar-refractivity contribution >= 4 is 0 Å². The van der Waals surface area contributed by atoms with Crippen molar-refractivity contribution in [2.45, 2.75) is 182 Å². The summed E-state index contributed by atoms with van der Waals surface area (Å²) in [5, 5.41) is 0. The maximum atomic E-state index is 2.53. The Bertz CT molecular complexity index is 285. The normalized spacial score (nSPS) is 14.7. The van der Waals surface area contributed by atoms with Crippen LogP contribution in [0, 0.1) is 0 Å². The van der Waals surface area contributed by atoms with Crippen LogP contribution in [0.1, 0.15) is 169 Å². The van der Waals surface area contributed by atoms with E-state index in [1.165, 1.54) is 141 Å². The van der Waals surface area contributed by atoms with Crippen LogP contribution in [-0.2, 0) is 0 Å². The van der Waals surface area contributed by atoms with Gasteiger partial charge in [0.25, 0.3) is 0 Å². The van der Waals surface area contributed by atoms with Crippen LogP contribution in [0.5, 0.6) is 0 Å². The molecule has 0 saturated heterocycles. The Hall–Kier alpha value is -0.0400. The molecule has 2 unspecified atom stereocenters. The molecule has 0 aromatic carbocycles. The van der Waals surface area contributed by atoms with E-state index in [1.807, 2.05) is 4.90 Å². The first-order valence-corrected chi connectivity index (χ1v) is 14.5. The highest BCUT2D eigenvalue weighted by Gasteiger charge is 2.22. The molecule has 0 radical (unpaired) electrons. The van der Waals surface area contributed by atoms with E-state index in [2.05, 4.69) is 34.6 Å². The molecular weight excluding hydrogens is 362 g/mol. The fourth-order valence-electron chi connectivity index (χ4n) is 5.16. The van der Waals surface area contributed by atoms with Crippen LogP contribution >= 0.6 is 0 Å². The van der Waals surface area contributed by atoms with Gasteiger partial charge in [-0.3, -0.25) is 0 Å². The SMILES string of the molecule is CCCCCCCCCCCC(C)[NH+](CCC)C(C)CCCCCCCCCCC. The number of hydrogen-bond acceptors (Lipinski definition) is 0. The van der Waals surface area contributed by atoms with E-state index in [0.717, 1.165) is 12.1 Å². The minimum Gasteiger partial charge on any atom is -0.331 e. The molecule has 0 amide bonds. The van der Waals surface area contributed by atoms with Crippen LogP contribution in [0.2, 0.25) is 0 Å². The minimum atomic E-state index is 0.850. The van der Waals surface area contributed by atoms with Gasteiger partial charge in [0.05, 0.1) is 18.6 Å². The zero-order valence-corrected chi connectivity index (χ0v) is 22.2. The molecule has 0 aromatic heterocycles. The number of rotatable bonds is 24. The Balaban J connectivity index is 3.80. The number of nitrogens with one attached hydrogen (secondary N) is 1. The van der Waals surface area contributed by atoms with Crippen molar-refractivity contribution in [2.75, 3.05) is 6.54 Å². The largest absolute Gasteiger partial charge is 0.331 e. The second kappa shape index (κ2) is 23.6. The van der Waals surface area contributed by atoms with E-state index >= 15 is 0 Å². The third kappa shape index (κ3) is 18.7. The predicted octanol–water partition coefficient (Wildman–Crippen LogP) is 8.90. The first-order valence-electron chi connectivity index (χ1n) is 14.5. The molecule has 0 aliphatic heterocycles. The zero-order chi connectivity index (χ0) is 22.3. The highest BCUT2D eigenvalue weighted by atomic mass is 15.2. The molecule has 0 heterocycles. The average molecular weight is 425 g/mol. The van der Waals surface area contributed by atoms with Crippen LogP contribution < -0.4 is 4.90 Å². The monoisotopic (exact) mass is 424 g/mol. The number of quaternary nitrogens is 1. The van der Waals surface area contributed by atoms with Crippen molar-refractivity contribution in [1.29, 1.82) is 0 Å². The summed E-state index contributed by atoms with van der Waals surface area (Å²) in [7, 11) is 0. The van der Waals surface area contributed by atoms with Crippen molar-refractivity contribution in [2.24, 2.45) is 0 Å². The van der Waals surface area contributed by atoms with Gasteiger partial charge in [0, 0.05) is 0 Å². The lowest BCUT2D eigenvalue weighted by Gasteiger charge is -2.31. The maximum Gasteiger partial charge on any atom is 0.0848 e. The van der Waals surface area contributed by atoms with Gasteiger partial charge >= 0.3 is 0 Å². The Kier molecular flexibility index (Phi) is 23.6. The van der Waals surface area contributed by atoms with Gasteiger partial charge in [-0.05, 0) is 46.0 Å². The molecule has 2 atom stereocenters. The van der Waals surface area contributed by atoms with E-state index in [4.69, 9.17) is 0 Å². The summed E-state index contributed by atoms with van der Waals surface area (Å²) in [6, 6.07) is 1.70. The first kappa shape index (κ1) is 30.0. The third-order valence-electron chi connectivity index (χ3n) is 7.29. The van der Waals surface area contributed by atoms with Gasteiger partial charge in [-0.2, -0.15) is 0 Å². The second-order valence-electron chi connectivity index (χ2n) is 10.4. The highest BCUT2D eigenvalue weighted by molar-refractivity contribution is 4.57. The molecule has 30 heavy (non-hydrogen) atoms. The highest BCUT2D eigenvalue weighted by Crippen LogP contribution is 2.13. The summed E-state index contributed by atoms with van der Waals surface area (Å²) in [5.41, 5.74) is 0. The van der Waals surface area contributed by atoms with Crippen molar-refractivity contribution < 1.29 is 4.90 Å². The van der Waals surface area contributed by atoms with Gasteiger partial charge in [0.1, 0.15) is 0 Å². The van der Waals surface area contributed by atoms with Crippen LogP contribution in [0.4, 0.5) is 0 Å². The molecule has 0 aliphatic carbocycles. The first-order chi connectivity index (χ1) is 14.7. The zero-order valence-electron chi connectivity index (χ0n) is 22.2. The lowest BCUT2D eigenvalue weighted by atomic mass is 10.0. The van der Waals surface area contributed by atoms with E-state index in [1.54, 1.807) is 0 Å². The van der Waals surface area contributed by atoms with Gasteiger partial charge in [0.15, 0.2) is 0 Å². The summed E-state index contributed by atoms with van der Waals surface area (Å²) >= 11 is 0. The smallest absolute Gasteiger partial charge is 0.0848 e. The minimum absolute atomic E-state index is 0.850. The Morgan fingerprint density at radius 2 is 0.700 bits per heavy atom. The molecule has 0 saturated carbocycles. The molecule has 0 rings (SSSR count). The summed E-state index contributed by atoms with van der Waals surface area (Å²) in [5.74, 6) is 0. The third-order valence-corrected chi connectivity index (χ3v) is 7.29. The molecule has 0 fully saturated rings. The van der Waals surface area contributed by atoms with Crippen LogP contribution in [-0.4, -0.2) is 18.6 Å². The van der Waals surface area contributed by atoms with E-state index in [0.29, 0.717) is 0 Å². The van der Waals surface area contributed by atoms with Crippen molar-refractivity contribution in [3.05, 3.63) is 0 Å². The van der Waals surface area contributed by atoms with E-state index < -0.39 is 0 Å². The summed E-state index contributed by atoms with van der Waals surface area (Å²) in [6.07, 6.45) is 30.3. The van der Waals surface area contributed by atoms with Gasteiger partial charge in [-0.1, -0.05) is 124 Å². The standard InChI is InChI=1S/C29H61N/c1-6-9-11-13-15-17-19-21-23-25-28(4)30(27-8-3)29(5)26-24-22-20-18-16-14-12-10-7-2/h28-29H,6-27H2,1-5H3/p+1. The quantitative estimate of drug-likeness (QED) is 0.147. The molecule has 0 aromatic rings. The molecule has 182 valence electrons. The van der Waals surface area contributed by atoms with Gasteiger partial charge < -0.3 is 4.90 Å². The summed E-state index contributed by atoms with van der Waals surface area (Å²) in [6.45, 7) is 13.4. The molecule has 0 aliphatic rings. The molecule has 1 nitrogen and oxygen atoms in total. The van der Waals surface area contributed by atoms with Crippen molar-refractivity contribution in [1.82, 2.24) is 0 Å². The summed E-state index contributed by atoms with van der Waals surface area (Å²) < 4.78 is 0. The fourth-order valence-corrected chi connectivity index (χ4v) is 5.16. The number of hydrogen-bond donors (Lipinski definition) is 1. The van der Waals surface area contributed by atoms with Crippen molar-refractivity contribution in [3.63, 3.8) is 0 Å². The number of unbranched alkanes of at least 4 members (excludes halogenated alkanes) is 16. The van der Waals surface area contributed by atoms with E-state index in [9.17, 15) is 0 Å². The van der Waals surface area contributed by atoms with Crippen molar-refractivity contribution in [3.8, 4) is 0 Å². The Labute approximate surface area is 193 Å². The molecular formula is C29H62N+. The second-order valence-corrected chi connectivity index (χ2v) is 10.4. The van der Waals surface area contributed by atoms with Gasteiger partial charge in [-0.15, -0.1) is 0 Å². The Morgan fingerprint density at radius 3 is 1.00 bits per heavy atom. The van der Waals surface area contributed by atoms with Gasteiger partial charge in [0.2, 0.25) is 0 Å².